The van der Waals surface area contributed by atoms with E-state index in [9.17, 15) is 9.18 Å². The van der Waals surface area contributed by atoms with E-state index in [0.717, 1.165) is 47.9 Å². The summed E-state index contributed by atoms with van der Waals surface area (Å²) in [6.45, 7) is 4.43. The van der Waals surface area contributed by atoms with Crippen molar-refractivity contribution in [1.82, 2.24) is 0 Å². The van der Waals surface area contributed by atoms with Crippen molar-refractivity contribution >= 4 is 5.97 Å². The van der Waals surface area contributed by atoms with Gasteiger partial charge >= 0.3 is 5.97 Å². The third-order valence-electron chi connectivity index (χ3n) is 6.00. The molecule has 1 N–H and O–H groups in total. The van der Waals surface area contributed by atoms with Crippen molar-refractivity contribution in [3.8, 4) is 22.6 Å². The summed E-state index contributed by atoms with van der Waals surface area (Å²) in [5, 5.41) is 9.06. The molecule has 3 rings (SSSR count). The number of ether oxygens (including phenoxy) is 2. The average Bonchev–Trinajstić information content (AvgIpc) is 2.83. The Morgan fingerprint density at radius 3 is 2.56 bits per heavy atom. The van der Waals surface area contributed by atoms with Gasteiger partial charge in [-0.1, -0.05) is 57.0 Å². The lowest BCUT2D eigenvalue weighted by atomic mass is 9.93. The topological polar surface area (TPSA) is 55.8 Å². The summed E-state index contributed by atoms with van der Waals surface area (Å²) in [7, 11) is 1.58. The van der Waals surface area contributed by atoms with Gasteiger partial charge in [0.1, 0.15) is 23.9 Å². The van der Waals surface area contributed by atoms with Gasteiger partial charge in [0.05, 0.1) is 13.5 Å². The van der Waals surface area contributed by atoms with E-state index in [1.165, 1.54) is 6.07 Å². The van der Waals surface area contributed by atoms with Crippen molar-refractivity contribution < 1.29 is 23.8 Å². The molecule has 1 atom stereocenters. The number of carboxylic acids is 1. The number of carboxylic acid groups (broad SMARTS) is 1. The molecule has 0 radical (unpaired) electrons. The van der Waals surface area contributed by atoms with E-state index in [-0.39, 0.29) is 18.2 Å². The molecule has 0 saturated carbocycles. The molecule has 0 bridgehead atoms. The molecule has 0 heterocycles. The summed E-state index contributed by atoms with van der Waals surface area (Å²) in [5.74, 6) is 0.143. The first-order valence-electron chi connectivity index (χ1n) is 11.8. The number of aryl methyl sites for hydroxylation is 1. The van der Waals surface area contributed by atoms with Crippen molar-refractivity contribution in [2.45, 2.75) is 58.5 Å². The minimum absolute atomic E-state index is 0.0763. The maximum atomic E-state index is 14.7. The van der Waals surface area contributed by atoms with E-state index in [0.29, 0.717) is 23.7 Å². The molecule has 0 spiro atoms. The van der Waals surface area contributed by atoms with E-state index in [4.69, 9.17) is 14.6 Å². The van der Waals surface area contributed by atoms with Crippen LogP contribution in [0.1, 0.15) is 62.1 Å². The summed E-state index contributed by atoms with van der Waals surface area (Å²) in [6, 6.07) is 18.4. The predicted molar refractivity (Wildman–Crippen MR) is 133 cm³/mol. The van der Waals surface area contributed by atoms with Crippen LogP contribution in [0, 0.1) is 5.82 Å². The Balaban J connectivity index is 1.82. The van der Waals surface area contributed by atoms with Gasteiger partial charge < -0.3 is 14.6 Å². The Kier molecular flexibility index (Phi) is 9.08. The van der Waals surface area contributed by atoms with Gasteiger partial charge in [0.2, 0.25) is 0 Å². The quantitative estimate of drug-likeness (QED) is 0.284. The van der Waals surface area contributed by atoms with Gasteiger partial charge in [-0.15, -0.1) is 0 Å². The zero-order valence-corrected chi connectivity index (χ0v) is 20.1. The number of rotatable bonds is 12. The SMILES string of the molecule is CCCCCc1cc(COc2cccc([C@@H](C)CC(=O)O)c2)ccc1-c1cc(OC)ccc1F. The predicted octanol–water partition coefficient (Wildman–Crippen LogP) is 7.39. The van der Waals surface area contributed by atoms with Gasteiger partial charge in [0.15, 0.2) is 0 Å². The summed E-state index contributed by atoms with van der Waals surface area (Å²) >= 11 is 0. The molecule has 34 heavy (non-hydrogen) atoms. The van der Waals surface area contributed by atoms with E-state index in [1.807, 2.05) is 43.3 Å². The van der Waals surface area contributed by atoms with Crippen LogP contribution in [0.25, 0.3) is 11.1 Å². The molecule has 3 aromatic rings. The van der Waals surface area contributed by atoms with Crippen LogP contribution in [0.3, 0.4) is 0 Å². The third kappa shape index (κ3) is 6.83. The fourth-order valence-corrected chi connectivity index (χ4v) is 4.07. The van der Waals surface area contributed by atoms with Gasteiger partial charge in [-0.25, -0.2) is 4.39 Å². The molecule has 0 saturated heterocycles. The van der Waals surface area contributed by atoms with Crippen LogP contribution in [0.15, 0.2) is 60.7 Å². The number of benzene rings is 3. The normalized spacial score (nSPS) is 11.8. The molecule has 0 aliphatic rings. The number of unbranched alkanes of at least 4 members (excludes halogenated alkanes) is 2. The average molecular weight is 465 g/mol. The summed E-state index contributed by atoms with van der Waals surface area (Å²) in [5.41, 5.74) is 4.44. The van der Waals surface area contributed by atoms with E-state index in [2.05, 4.69) is 13.0 Å². The first kappa shape index (κ1) is 25.3. The second-order valence-corrected chi connectivity index (χ2v) is 8.65. The Bertz CT molecular complexity index is 1110. The highest BCUT2D eigenvalue weighted by molar-refractivity contribution is 5.70. The van der Waals surface area contributed by atoms with Gasteiger partial charge in [-0.3, -0.25) is 4.79 Å². The number of aliphatic carboxylic acids is 1. The van der Waals surface area contributed by atoms with Crippen LogP contribution in [-0.2, 0) is 17.8 Å². The minimum Gasteiger partial charge on any atom is -0.497 e. The summed E-state index contributed by atoms with van der Waals surface area (Å²) in [4.78, 5) is 11.0. The van der Waals surface area contributed by atoms with Crippen LogP contribution < -0.4 is 9.47 Å². The first-order valence-corrected chi connectivity index (χ1v) is 11.8. The maximum Gasteiger partial charge on any atom is 0.303 e. The standard InChI is InChI=1S/C29H33FO4/c1-4-5-6-8-23-16-21(11-13-26(23)27-18-24(33-3)12-14-28(27)30)19-34-25-10-7-9-22(17-25)20(2)15-29(31)32/h7,9-14,16-18,20H,4-6,8,15,19H2,1-3H3,(H,31,32)/t20-/m0/s1. The smallest absolute Gasteiger partial charge is 0.303 e. The maximum absolute atomic E-state index is 14.7. The van der Waals surface area contributed by atoms with Gasteiger partial charge in [0, 0.05) is 5.56 Å². The molecule has 0 aliphatic carbocycles. The molecule has 3 aromatic carbocycles. The number of hydrogen-bond acceptors (Lipinski definition) is 3. The molecule has 5 heteroatoms. The Morgan fingerprint density at radius 1 is 1.00 bits per heavy atom. The molecule has 0 aromatic heterocycles. The molecular formula is C29H33FO4. The van der Waals surface area contributed by atoms with Crippen molar-refractivity contribution in [2.24, 2.45) is 0 Å². The van der Waals surface area contributed by atoms with E-state index >= 15 is 0 Å². The van der Waals surface area contributed by atoms with Crippen LogP contribution in [0.2, 0.25) is 0 Å². The molecule has 4 nitrogen and oxygen atoms in total. The fraction of sp³-hybridized carbons (Fsp3) is 0.345. The number of carbonyl (C=O) groups is 1. The number of methoxy groups -OCH3 is 1. The summed E-state index contributed by atoms with van der Waals surface area (Å²) in [6.07, 6.45) is 4.19. The molecule has 0 aliphatic heterocycles. The number of hydrogen-bond donors (Lipinski definition) is 1. The summed E-state index contributed by atoms with van der Waals surface area (Å²) < 4.78 is 26.0. The van der Waals surface area contributed by atoms with Crippen molar-refractivity contribution in [3.63, 3.8) is 0 Å². The van der Waals surface area contributed by atoms with Crippen LogP contribution in [-0.4, -0.2) is 18.2 Å². The third-order valence-corrected chi connectivity index (χ3v) is 6.00. The van der Waals surface area contributed by atoms with Crippen molar-refractivity contribution in [2.75, 3.05) is 7.11 Å². The second-order valence-electron chi connectivity index (χ2n) is 8.65. The highest BCUT2D eigenvalue weighted by atomic mass is 19.1. The second kappa shape index (κ2) is 12.2. The van der Waals surface area contributed by atoms with Gasteiger partial charge in [0.25, 0.3) is 0 Å². The molecule has 180 valence electrons. The Hall–Kier alpha value is -3.34. The van der Waals surface area contributed by atoms with E-state index < -0.39 is 5.97 Å². The molecular weight excluding hydrogens is 431 g/mol. The number of halogens is 1. The molecule has 0 fully saturated rings. The lowest BCUT2D eigenvalue weighted by Gasteiger charge is -2.15. The monoisotopic (exact) mass is 464 g/mol. The fourth-order valence-electron chi connectivity index (χ4n) is 4.07. The van der Waals surface area contributed by atoms with Crippen LogP contribution in [0.5, 0.6) is 11.5 Å². The van der Waals surface area contributed by atoms with Crippen LogP contribution in [0.4, 0.5) is 4.39 Å². The van der Waals surface area contributed by atoms with Gasteiger partial charge in [-0.05, 0) is 71.3 Å². The van der Waals surface area contributed by atoms with E-state index in [1.54, 1.807) is 19.2 Å². The van der Waals surface area contributed by atoms with Crippen molar-refractivity contribution in [3.05, 3.63) is 83.2 Å². The Labute approximate surface area is 201 Å². The van der Waals surface area contributed by atoms with Gasteiger partial charge in [-0.2, -0.15) is 0 Å². The zero-order valence-electron chi connectivity index (χ0n) is 20.1. The highest BCUT2D eigenvalue weighted by Gasteiger charge is 2.14. The van der Waals surface area contributed by atoms with Crippen molar-refractivity contribution in [1.29, 1.82) is 0 Å². The highest BCUT2D eigenvalue weighted by Crippen LogP contribution is 2.32. The zero-order chi connectivity index (χ0) is 24.5. The lowest BCUT2D eigenvalue weighted by Crippen LogP contribution is -2.03. The first-order chi connectivity index (χ1) is 16.4. The molecule has 0 unspecified atom stereocenters. The Morgan fingerprint density at radius 2 is 1.82 bits per heavy atom. The largest absolute Gasteiger partial charge is 0.497 e. The molecule has 0 amide bonds. The van der Waals surface area contributed by atoms with Crippen LogP contribution >= 0.6 is 0 Å². The lowest BCUT2D eigenvalue weighted by molar-refractivity contribution is -0.137. The minimum atomic E-state index is -0.818.